The smallest absolute Gasteiger partial charge is 0.119 e. The highest BCUT2D eigenvalue weighted by molar-refractivity contribution is 5.45. The van der Waals surface area contributed by atoms with Gasteiger partial charge in [0.15, 0.2) is 0 Å². The van der Waals surface area contributed by atoms with E-state index in [0.29, 0.717) is 26.4 Å². The van der Waals surface area contributed by atoms with Crippen molar-refractivity contribution in [2.45, 2.75) is 26.2 Å². The van der Waals surface area contributed by atoms with E-state index in [4.69, 9.17) is 14.2 Å². The Balaban J connectivity index is 1.82. The van der Waals surface area contributed by atoms with Gasteiger partial charge in [-0.3, -0.25) is 0 Å². The van der Waals surface area contributed by atoms with Gasteiger partial charge in [-0.15, -0.1) is 0 Å². The van der Waals surface area contributed by atoms with E-state index in [0.717, 1.165) is 31.1 Å². The van der Waals surface area contributed by atoms with Crippen LogP contribution in [0.15, 0.2) is 24.3 Å². The molecular weight excluding hydrogens is 292 g/mol. The van der Waals surface area contributed by atoms with Crippen LogP contribution < -0.4 is 15.4 Å². The van der Waals surface area contributed by atoms with E-state index in [1.54, 1.807) is 0 Å². The highest BCUT2D eigenvalue weighted by atomic mass is 16.5. The summed E-state index contributed by atoms with van der Waals surface area (Å²) in [5.41, 5.74) is 1.07. The van der Waals surface area contributed by atoms with Gasteiger partial charge >= 0.3 is 0 Å². The third kappa shape index (κ3) is 11.0. The van der Waals surface area contributed by atoms with Crippen molar-refractivity contribution in [2.75, 3.05) is 58.5 Å². The first-order valence-electron chi connectivity index (χ1n) is 8.63. The first kappa shape index (κ1) is 19.7. The number of nitrogens with one attached hydrogen (secondary N) is 2. The molecule has 0 unspecified atom stereocenters. The molecule has 0 saturated carbocycles. The molecule has 1 aromatic rings. The highest BCUT2D eigenvalue weighted by Gasteiger charge is 1.95. The molecular formula is C18H32N2O3. The van der Waals surface area contributed by atoms with Crippen molar-refractivity contribution < 1.29 is 14.2 Å². The van der Waals surface area contributed by atoms with Crippen molar-refractivity contribution in [1.29, 1.82) is 0 Å². The number of benzene rings is 1. The average Bonchev–Trinajstić information content (AvgIpc) is 2.59. The molecule has 132 valence electrons. The van der Waals surface area contributed by atoms with Crippen LogP contribution >= 0.6 is 0 Å². The van der Waals surface area contributed by atoms with E-state index in [9.17, 15) is 0 Å². The summed E-state index contributed by atoms with van der Waals surface area (Å²) in [5.74, 6) is 0.859. The van der Waals surface area contributed by atoms with Gasteiger partial charge in [0, 0.05) is 19.3 Å². The summed E-state index contributed by atoms with van der Waals surface area (Å²) in [7, 11) is 1.90. The zero-order chi connectivity index (χ0) is 16.6. The topological polar surface area (TPSA) is 51.8 Å². The van der Waals surface area contributed by atoms with E-state index < -0.39 is 0 Å². The van der Waals surface area contributed by atoms with Gasteiger partial charge in [-0.25, -0.2) is 0 Å². The normalized spacial score (nSPS) is 10.7. The summed E-state index contributed by atoms with van der Waals surface area (Å²) in [6, 6.07) is 7.87. The van der Waals surface area contributed by atoms with Gasteiger partial charge in [0.05, 0.1) is 26.4 Å². The van der Waals surface area contributed by atoms with Crippen LogP contribution in [0.2, 0.25) is 0 Å². The van der Waals surface area contributed by atoms with Crippen LogP contribution in [0.5, 0.6) is 5.75 Å². The zero-order valence-electron chi connectivity index (χ0n) is 14.6. The largest absolute Gasteiger partial charge is 0.491 e. The standard InChI is InChI=1S/C18H32N2O3/c1-3-4-5-10-20-11-12-21-13-14-22-15-16-23-18-8-6-17(19-2)7-9-18/h6-9,19-20H,3-5,10-16H2,1-2H3. The predicted molar refractivity (Wildman–Crippen MR) is 95.5 cm³/mol. The molecule has 23 heavy (non-hydrogen) atoms. The zero-order valence-corrected chi connectivity index (χ0v) is 14.6. The predicted octanol–water partition coefficient (Wildman–Crippen LogP) is 2.92. The Hall–Kier alpha value is -1.30. The third-order valence-electron chi connectivity index (χ3n) is 3.39. The van der Waals surface area contributed by atoms with E-state index >= 15 is 0 Å². The van der Waals surface area contributed by atoms with Crippen molar-refractivity contribution in [3.05, 3.63) is 24.3 Å². The first-order chi connectivity index (χ1) is 11.4. The van der Waals surface area contributed by atoms with Gasteiger partial charge in [-0.1, -0.05) is 19.8 Å². The van der Waals surface area contributed by atoms with E-state index in [1.807, 2.05) is 31.3 Å². The van der Waals surface area contributed by atoms with E-state index in [1.165, 1.54) is 19.3 Å². The lowest BCUT2D eigenvalue weighted by Crippen LogP contribution is -2.21. The molecule has 0 bridgehead atoms. The maximum Gasteiger partial charge on any atom is 0.119 e. The molecule has 5 heteroatoms. The van der Waals surface area contributed by atoms with Crippen LogP contribution in [0, 0.1) is 0 Å². The fourth-order valence-electron chi connectivity index (χ4n) is 2.03. The summed E-state index contributed by atoms with van der Waals surface area (Å²) < 4.78 is 16.6. The molecule has 0 fully saturated rings. The van der Waals surface area contributed by atoms with Crippen molar-refractivity contribution >= 4 is 5.69 Å². The summed E-state index contributed by atoms with van der Waals surface area (Å²) in [5, 5.41) is 6.44. The molecule has 1 rings (SSSR count). The summed E-state index contributed by atoms with van der Waals surface area (Å²) in [4.78, 5) is 0. The Kier molecular flexibility index (Phi) is 12.3. The highest BCUT2D eigenvalue weighted by Crippen LogP contribution is 2.14. The van der Waals surface area contributed by atoms with Gasteiger partial charge in [0.25, 0.3) is 0 Å². The summed E-state index contributed by atoms with van der Waals surface area (Å²) in [6.45, 7) is 7.32. The monoisotopic (exact) mass is 324 g/mol. The minimum absolute atomic E-state index is 0.553. The number of hydrogen-bond donors (Lipinski definition) is 2. The molecule has 0 saturated heterocycles. The Morgan fingerprint density at radius 2 is 1.52 bits per heavy atom. The lowest BCUT2D eigenvalue weighted by molar-refractivity contribution is 0.0373. The van der Waals surface area contributed by atoms with Gasteiger partial charge in [-0.2, -0.15) is 0 Å². The van der Waals surface area contributed by atoms with E-state index in [-0.39, 0.29) is 0 Å². The number of anilines is 1. The van der Waals surface area contributed by atoms with Gasteiger partial charge in [0.1, 0.15) is 12.4 Å². The van der Waals surface area contributed by atoms with Gasteiger partial charge in [-0.05, 0) is 37.2 Å². The van der Waals surface area contributed by atoms with Crippen molar-refractivity contribution in [3.8, 4) is 5.75 Å². The molecule has 1 aromatic carbocycles. The minimum Gasteiger partial charge on any atom is -0.491 e. The molecule has 5 nitrogen and oxygen atoms in total. The number of ether oxygens (including phenoxy) is 3. The second kappa shape index (κ2) is 14.3. The minimum atomic E-state index is 0.553. The maximum atomic E-state index is 5.59. The van der Waals surface area contributed by atoms with Gasteiger partial charge in [0.2, 0.25) is 0 Å². The van der Waals surface area contributed by atoms with Crippen LogP contribution in [0.3, 0.4) is 0 Å². The maximum absolute atomic E-state index is 5.59. The fraction of sp³-hybridized carbons (Fsp3) is 0.667. The molecule has 0 aromatic heterocycles. The molecule has 0 aliphatic carbocycles. The van der Waals surface area contributed by atoms with Crippen LogP contribution in [-0.2, 0) is 9.47 Å². The molecule has 0 amide bonds. The van der Waals surface area contributed by atoms with Crippen molar-refractivity contribution in [1.82, 2.24) is 5.32 Å². The number of unbranched alkanes of at least 4 members (excludes halogenated alkanes) is 2. The summed E-state index contributed by atoms with van der Waals surface area (Å²) >= 11 is 0. The van der Waals surface area contributed by atoms with E-state index in [2.05, 4.69) is 17.6 Å². The molecule has 2 N–H and O–H groups in total. The van der Waals surface area contributed by atoms with Crippen LogP contribution in [0.25, 0.3) is 0 Å². The van der Waals surface area contributed by atoms with Crippen LogP contribution in [0.1, 0.15) is 26.2 Å². The Morgan fingerprint density at radius 3 is 2.22 bits per heavy atom. The van der Waals surface area contributed by atoms with Gasteiger partial charge < -0.3 is 24.8 Å². The molecule has 0 aliphatic rings. The lowest BCUT2D eigenvalue weighted by Gasteiger charge is -2.09. The second-order valence-electron chi connectivity index (χ2n) is 5.30. The molecule has 0 heterocycles. The van der Waals surface area contributed by atoms with Crippen molar-refractivity contribution in [3.63, 3.8) is 0 Å². The lowest BCUT2D eigenvalue weighted by atomic mass is 10.2. The van der Waals surface area contributed by atoms with Crippen molar-refractivity contribution in [2.24, 2.45) is 0 Å². The average molecular weight is 324 g/mol. The van der Waals surface area contributed by atoms with Crippen LogP contribution in [-0.4, -0.2) is 53.2 Å². The quantitative estimate of drug-likeness (QED) is 0.486. The third-order valence-corrected chi connectivity index (χ3v) is 3.39. The molecule has 0 atom stereocenters. The molecule has 0 spiro atoms. The Labute approximate surface area is 140 Å². The first-order valence-corrected chi connectivity index (χ1v) is 8.63. The Morgan fingerprint density at radius 1 is 0.826 bits per heavy atom. The summed E-state index contributed by atoms with van der Waals surface area (Å²) in [6.07, 6.45) is 3.81. The molecule has 0 aliphatic heterocycles. The fourth-order valence-corrected chi connectivity index (χ4v) is 2.03. The second-order valence-corrected chi connectivity index (χ2v) is 5.30. The van der Waals surface area contributed by atoms with Crippen LogP contribution in [0.4, 0.5) is 5.69 Å². The SMILES string of the molecule is CCCCCNCCOCCOCCOc1ccc(NC)cc1. The molecule has 0 radical (unpaired) electrons. The Bertz CT molecular complexity index is 371. The number of rotatable bonds is 15. The number of hydrogen-bond acceptors (Lipinski definition) is 5.